The summed E-state index contributed by atoms with van der Waals surface area (Å²) in [6.45, 7) is 3.10. The molecule has 1 fully saturated rings. The van der Waals surface area contributed by atoms with Gasteiger partial charge >= 0.3 is 0 Å². The molecule has 1 heterocycles. The van der Waals surface area contributed by atoms with E-state index in [1.165, 1.54) is 18.2 Å². The fourth-order valence-electron chi connectivity index (χ4n) is 2.18. The highest BCUT2D eigenvalue weighted by Crippen LogP contribution is 2.17. The highest BCUT2D eigenvalue weighted by atomic mass is 19.1. The number of likely N-dealkylation sites (tertiary alicyclic amines) is 1. The lowest BCUT2D eigenvalue weighted by Crippen LogP contribution is -2.44. The number of carbonyl (C=O) groups excluding carboxylic acids is 1. The predicted molar refractivity (Wildman–Crippen MR) is 71.8 cm³/mol. The summed E-state index contributed by atoms with van der Waals surface area (Å²) < 4.78 is 12.7. The molecule has 1 aromatic carbocycles. The van der Waals surface area contributed by atoms with Crippen LogP contribution in [0.4, 0.5) is 4.39 Å². The normalized spacial score (nSPS) is 23.8. The molecule has 3 nitrogen and oxygen atoms in total. The standard InChI is InChI=1S/C15H18FNO2/c1-11-10-17(9-8-14(11)18)15(19)7-4-12-2-5-13(16)6-3-12/h2-7,11,14,18H,8-10H2,1H3/b7-4+. The number of aliphatic hydroxyl groups excluding tert-OH is 1. The molecule has 4 heteroatoms. The van der Waals surface area contributed by atoms with Gasteiger partial charge in [0.15, 0.2) is 0 Å². The van der Waals surface area contributed by atoms with Crippen LogP contribution in [-0.4, -0.2) is 35.1 Å². The minimum atomic E-state index is -0.315. The molecule has 1 amide bonds. The molecule has 2 rings (SSSR count). The lowest BCUT2D eigenvalue weighted by atomic mass is 9.97. The van der Waals surface area contributed by atoms with Crippen molar-refractivity contribution in [3.05, 3.63) is 41.7 Å². The van der Waals surface area contributed by atoms with Crippen LogP contribution >= 0.6 is 0 Å². The van der Waals surface area contributed by atoms with Crippen LogP contribution in [-0.2, 0) is 4.79 Å². The van der Waals surface area contributed by atoms with Crippen molar-refractivity contribution in [3.8, 4) is 0 Å². The molecule has 1 aliphatic heterocycles. The molecule has 1 saturated heterocycles. The smallest absolute Gasteiger partial charge is 0.246 e. The zero-order chi connectivity index (χ0) is 13.8. The Kier molecular flexibility index (Phi) is 4.32. The monoisotopic (exact) mass is 263 g/mol. The van der Waals surface area contributed by atoms with E-state index < -0.39 is 0 Å². The third kappa shape index (κ3) is 3.64. The Morgan fingerprint density at radius 1 is 1.42 bits per heavy atom. The molecule has 0 aliphatic carbocycles. The van der Waals surface area contributed by atoms with Crippen LogP contribution in [0.25, 0.3) is 6.08 Å². The van der Waals surface area contributed by atoms with E-state index in [2.05, 4.69) is 0 Å². The summed E-state index contributed by atoms with van der Waals surface area (Å²) in [5.41, 5.74) is 0.792. The first-order valence-electron chi connectivity index (χ1n) is 6.47. The number of hydrogen-bond acceptors (Lipinski definition) is 2. The lowest BCUT2D eigenvalue weighted by Gasteiger charge is -2.33. The zero-order valence-electron chi connectivity index (χ0n) is 10.9. The number of piperidine rings is 1. The Bertz CT molecular complexity index is 470. The van der Waals surface area contributed by atoms with E-state index in [0.717, 1.165) is 5.56 Å². The first-order valence-corrected chi connectivity index (χ1v) is 6.47. The molecule has 0 aromatic heterocycles. The van der Waals surface area contributed by atoms with Gasteiger partial charge in [0.25, 0.3) is 0 Å². The van der Waals surface area contributed by atoms with E-state index >= 15 is 0 Å². The topological polar surface area (TPSA) is 40.5 Å². The van der Waals surface area contributed by atoms with E-state index in [9.17, 15) is 14.3 Å². The summed E-state index contributed by atoms with van der Waals surface area (Å²) in [6, 6.07) is 5.98. The number of amides is 1. The van der Waals surface area contributed by atoms with Gasteiger partial charge in [-0.2, -0.15) is 0 Å². The fourth-order valence-corrected chi connectivity index (χ4v) is 2.18. The van der Waals surface area contributed by atoms with E-state index in [-0.39, 0.29) is 23.7 Å². The van der Waals surface area contributed by atoms with E-state index in [1.807, 2.05) is 6.92 Å². The van der Waals surface area contributed by atoms with Gasteiger partial charge in [0.2, 0.25) is 5.91 Å². The predicted octanol–water partition coefficient (Wildman–Crippen LogP) is 2.07. The summed E-state index contributed by atoms with van der Waals surface area (Å²) in [4.78, 5) is 13.7. The second-order valence-corrected chi connectivity index (χ2v) is 5.00. The maximum absolute atomic E-state index is 12.7. The number of halogens is 1. The summed E-state index contributed by atoms with van der Waals surface area (Å²) >= 11 is 0. The van der Waals surface area contributed by atoms with Gasteiger partial charge in [0, 0.05) is 19.2 Å². The molecular formula is C15H18FNO2. The minimum absolute atomic E-state index is 0.0666. The summed E-state index contributed by atoms with van der Waals surface area (Å²) in [7, 11) is 0. The van der Waals surface area contributed by atoms with Crippen LogP contribution in [0.1, 0.15) is 18.9 Å². The van der Waals surface area contributed by atoms with Gasteiger partial charge in [-0.1, -0.05) is 19.1 Å². The molecule has 2 unspecified atom stereocenters. The SMILES string of the molecule is CC1CN(C(=O)/C=C/c2ccc(F)cc2)CCC1O. The third-order valence-corrected chi connectivity index (χ3v) is 3.46. The number of carbonyl (C=O) groups is 1. The number of nitrogens with zero attached hydrogens (tertiary/aromatic N) is 1. The number of aliphatic hydroxyl groups is 1. The second kappa shape index (κ2) is 5.97. The molecule has 1 N–H and O–H groups in total. The Morgan fingerprint density at radius 2 is 2.11 bits per heavy atom. The van der Waals surface area contributed by atoms with Crippen molar-refractivity contribution < 1.29 is 14.3 Å². The van der Waals surface area contributed by atoms with Crippen LogP contribution in [0.2, 0.25) is 0 Å². The van der Waals surface area contributed by atoms with Crippen molar-refractivity contribution >= 4 is 12.0 Å². The lowest BCUT2D eigenvalue weighted by molar-refractivity contribution is -0.129. The quantitative estimate of drug-likeness (QED) is 0.830. The van der Waals surface area contributed by atoms with Gasteiger partial charge in [-0.05, 0) is 36.1 Å². The van der Waals surface area contributed by atoms with Crippen molar-refractivity contribution in [3.63, 3.8) is 0 Å². The molecule has 102 valence electrons. The average Bonchev–Trinajstić information content (AvgIpc) is 2.41. The fraction of sp³-hybridized carbons (Fsp3) is 0.400. The number of benzene rings is 1. The molecule has 2 atom stereocenters. The van der Waals surface area contributed by atoms with Gasteiger partial charge in [0.1, 0.15) is 5.82 Å². The zero-order valence-corrected chi connectivity index (χ0v) is 10.9. The largest absolute Gasteiger partial charge is 0.393 e. The summed E-state index contributed by atoms with van der Waals surface area (Å²) in [5.74, 6) is -0.248. The van der Waals surface area contributed by atoms with Gasteiger partial charge in [-0.3, -0.25) is 4.79 Å². The van der Waals surface area contributed by atoms with Crippen molar-refractivity contribution in [1.29, 1.82) is 0 Å². The van der Waals surface area contributed by atoms with Crippen LogP contribution in [0.3, 0.4) is 0 Å². The van der Waals surface area contributed by atoms with Gasteiger partial charge in [0.05, 0.1) is 6.10 Å². The van der Waals surface area contributed by atoms with Gasteiger partial charge < -0.3 is 10.0 Å². The van der Waals surface area contributed by atoms with Crippen molar-refractivity contribution in [2.24, 2.45) is 5.92 Å². The molecular weight excluding hydrogens is 245 g/mol. The number of hydrogen-bond donors (Lipinski definition) is 1. The van der Waals surface area contributed by atoms with E-state index in [1.54, 1.807) is 23.1 Å². The van der Waals surface area contributed by atoms with Crippen molar-refractivity contribution in [1.82, 2.24) is 4.90 Å². The first kappa shape index (κ1) is 13.7. The van der Waals surface area contributed by atoms with Crippen LogP contribution < -0.4 is 0 Å². The minimum Gasteiger partial charge on any atom is -0.393 e. The second-order valence-electron chi connectivity index (χ2n) is 5.00. The van der Waals surface area contributed by atoms with E-state index in [4.69, 9.17) is 0 Å². The Balaban J connectivity index is 1.95. The maximum Gasteiger partial charge on any atom is 0.246 e. The van der Waals surface area contributed by atoms with Gasteiger partial charge in [-0.15, -0.1) is 0 Å². The van der Waals surface area contributed by atoms with Crippen LogP contribution in [0, 0.1) is 11.7 Å². The average molecular weight is 263 g/mol. The van der Waals surface area contributed by atoms with E-state index in [0.29, 0.717) is 19.5 Å². The molecule has 19 heavy (non-hydrogen) atoms. The Hall–Kier alpha value is -1.68. The summed E-state index contributed by atoms with van der Waals surface area (Å²) in [5, 5.41) is 9.62. The molecule has 0 radical (unpaired) electrons. The van der Waals surface area contributed by atoms with Gasteiger partial charge in [-0.25, -0.2) is 4.39 Å². The molecule has 0 bridgehead atoms. The van der Waals surface area contributed by atoms with Crippen LogP contribution in [0.15, 0.2) is 30.3 Å². The number of rotatable bonds is 2. The Labute approximate surface area is 112 Å². The summed E-state index contributed by atoms with van der Waals surface area (Å²) in [6.07, 6.45) is 3.48. The molecule has 0 saturated carbocycles. The molecule has 1 aliphatic rings. The highest BCUT2D eigenvalue weighted by Gasteiger charge is 2.25. The Morgan fingerprint density at radius 3 is 2.74 bits per heavy atom. The third-order valence-electron chi connectivity index (χ3n) is 3.46. The molecule has 0 spiro atoms. The maximum atomic E-state index is 12.7. The van der Waals surface area contributed by atoms with Crippen molar-refractivity contribution in [2.75, 3.05) is 13.1 Å². The van der Waals surface area contributed by atoms with Crippen LogP contribution in [0.5, 0.6) is 0 Å². The highest BCUT2D eigenvalue weighted by molar-refractivity contribution is 5.91. The van der Waals surface area contributed by atoms with Crippen molar-refractivity contribution in [2.45, 2.75) is 19.4 Å². The molecule has 1 aromatic rings. The first-order chi connectivity index (χ1) is 9.06.